The summed E-state index contributed by atoms with van der Waals surface area (Å²) in [6.07, 6.45) is 0. The van der Waals surface area contributed by atoms with E-state index in [0.29, 0.717) is 34.8 Å². The predicted octanol–water partition coefficient (Wildman–Crippen LogP) is 2.57. The Morgan fingerprint density at radius 1 is 0.967 bits per heavy atom. The number of methoxy groups -OCH3 is 2. The zero-order chi connectivity index (χ0) is 21.1. The maximum Gasteiger partial charge on any atom is 0.258 e. The van der Waals surface area contributed by atoms with Crippen LogP contribution >= 0.6 is 0 Å². The van der Waals surface area contributed by atoms with Crippen LogP contribution in [0, 0.1) is 6.92 Å². The number of hydrogen-bond donors (Lipinski definition) is 1. The normalized spacial score (nSPS) is 15.4. The number of aromatic amines is 1. The summed E-state index contributed by atoms with van der Waals surface area (Å²) in [5.74, 6) is 1.76. The first kappa shape index (κ1) is 20.4. The van der Waals surface area contributed by atoms with Crippen LogP contribution in [0.3, 0.4) is 0 Å². The lowest BCUT2D eigenvalue weighted by atomic mass is 10.1. The molecule has 158 valence electrons. The van der Waals surface area contributed by atoms with Crippen LogP contribution in [0.15, 0.2) is 41.2 Å². The summed E-state index contributed by atoms with van der Waals surface area (Å²) in [4.78, 5) is 25.0. The van der Waals surface area contributed by atoms with Gasteiger partial charge in [0.1, 0.15) is 5.82 Å². The Hall–Kier alpha value is -2.90. The average Bonchev–Trinajstić information content (AvgIpc) is 2.74. The molecule has 30 heavy (non-hydrogen) atoms. The second-order valence-electron chi connectivity index (χ2n) is 7.78. The second kappa shape index (κ2) is 8.85. The van der Waals surface area contributed by atoms with Crippen molar-refractivity contribution in [1.82, 2.24) is 19.8 Å². The Bertz CT molecular complexity index is 1090. The minimum Gasteiger partial charge on any atom is -0.493 e. The van der Waals surface area contributed by atoms with Crippen molar-refractivity contribution in [2.45, 2.75) is 20.0 Å². The van der Waals surface area contributed by atoms with E-state index in [1.165, 1.54) is 11.1 Å². The first-order valence-corrected chi connectivity index (χ1v) is 10.2. The van der Waals surface area contributed by atoms with E-state index in [4.69, 9.17) is 9.47 Å². The second-order valence-corrected chi connectivity index (χ2v) is 7.78. The van der Waals surface area contributed by atoms with E-state index in [0.717, 1.165) is 32.7 Å². The fourth-order valence-corrected chi connectivity index (χ4v) is 3.98. The van der Waals surface area contributed by atoms with Gasteiger partial charge in [0.15, 0.2) is 11.5 Å². The number of nitrogens with zero attached hydrogens (tertiary/aromatic N) is 3. The Balaban J connectivity index is 1.43. The highest BCUT2D eigenvalue weighted by Gasteiger charge is 2.19. The lowest BCUT2D eigenvalue weighted by Crippen LogP contribution is -2.45. The standard InChI is InChI=1S/C23H28N4O3/c1-16-5-4-6-17(11-16)14-26-7-9-27(10-8-26)15-22-24-19-13-21(30-3)20(29-2)12-18(19)23(28)25-22/h4-6,11-13H,7-10,14-15H2,1-3H3,(H,24,25,28). The first-order chi connectivity index (χ1) is 14.6. The average molecular weight is 409 g/mol. The third kappa shape index (κ3) is 4.47. The molecule has 1 aliphatic rings. The van der Waals surface area contributed by atoms with Crippen LogP contribution in [0.2, 0.25) is 0 Å². The van der Waals surface area contributed by atoms with Crippen LogP contribution in [-0.4, -0.2) is 60.2 Å². The summed E-state index contributed by atoms with van der Waals surface area (Å²) in [5.41, 5.74) is 3.11. The van der Waals surface area contributed by atoms with Crippen LogP contribution in [-0.2, 0) is 13.1 Å². The number of H-pyrrole nitrogens is 1. The Kier molecular flexibility index (Phi) is 6.01. The van der Waals surface area contributed by atoms with E-state index in [1.807, 2.05) is 0 Å². The summed E-state index contributed by atoms with van der Waals surface area (Å²) in [6, 6.07) is 12.1. The number of benzene rings is 2. The van der Waals surface area contributed by atoms with Crippen LogP contribution in [0.4, 0.5) is 0 Å². The third-order valence-corrected chi connectivity index (χ3v) is 5.59. The molecule has 1 aromatic heterocycles. The molecule has 2 heterocycles. The van der Waals surface area contributed by atoms with Crippen LogP contribution in [0.5, 0.6) is 11.5 Å². The highest BCUT2D eigenvalue weighted by molar-refractivity contribution is 5.81. The fourth-order valence-electron chi connectivity index (χ4n) is 3.98. The molecule has 0 radical (unpaired) electrons. The Morgan fingerprint density at radius 3 is 2.30 bits per heavy atom. The monoisotopic (exact) mass is 408 g/mol. The van der Waals surface area contributed by atoms with Gasteiger partial charge in [-0.05, 0) is 18.6 Å². The molecule has 0 saturated carbocycles. The summed E-state index contributed by atoms with van der Waals surface area (Å²) >= 11 is 0. The molecule has 4 rings (SSSR count). The summed E-state index contributed by atoms with van der Waals surface area (Å²) < 4.78 is 10.6. The zero-order valence-electron chi connectivity index (χ0n) is 17.8. The Morgan fingerprint density at radius 2 is 1.63 bits per heavy atom. The quantitative estimate of drug-likeness (QED) is 0.676. The smallest absolute Gasteiger partial charge is 0.258 e. The topological polar surface area (TPSA) is 70.7 Å². The van der Waals surface area contributed by atoms with Gasteiger partial charge in [0, 0.05) is 38.8 Å². The molecule has 0 unspecified atom stereocenters. The largest absolute Gasteiger partial charge is 0.493 e. The molecule has 1 N–H and O–H groups in total. The molecular weight excluding hydrogens is 380 g/mol. The minimum atomic E-state index is -0.158. The number of ether oxygens (including phenoxy) is 2. The number of aromatic nitrogens is 2. The van der Waals surface area contributed by atoms with Crippen molar-refractivity contribution in [3.05, 3.63) is 63.7 Å². The molecule has 3 aromatic rings. The number of piperazine rings is 1. The minimum absolute atomic E-state index is 0.158. The number of nitrogens with one attached hydrogen (secondary N) is 1. The molecule has 0 spiro atoms. The van der Waals surface area contributed by atoms with Gasteiger partial charge in [-0.2, -0.15) is 0 Å². The van der Waals surface area contributed by atoms with Gasteiger partial charge in [-0.25, -0.2) is 4.98 Å². The molecule has 1 fully saturated rings. The third-order valence-electron chi connectivity index (χ3n) is 5.59. The van der Waals surface area contributed by atoms with E-state index in [1.54, 1.807) is 26.4 Å². The van der Waals surface area contributed by atoms with Gasteiger partial charge in [-0.1, -0.05) is 29.8 Å². The van der Waals surface area contributed by atoms with Gasteiger partial charge < -0.3 is 14.5 Å². The van der Waals surface area contributed by atoms with E-state index < -0.39 is 0 Å². The maximum atomic E-state index is 12.6. The molecule has 7 heteroatoms. The molecule has 1 saturated heterocycles. The first-order valence-electron chi connectivity index (χ1n) is 10.2. The van der Waals surface area contributed by atoms with Crippen LogP contribution in [0.25, 0.3) is 10.9 Å². The van der Waals surface area contributed by atoms with Crippen LogP contribution in [0.1, 0.15) is 17.0 Å². The molecule has 0 aliphatic carbocycles. The number of rotatable bonds is 6. The molecule has 7 nitrogen and oxygen atoms in total. The van der Waals surface area contributed by atoms with Crippen molar-refractivity contribution in [1.29, 1.82) is 0 Å². The zero-order valence-corrected chi connectivity index (χ0v) is 17.8. The number of hydrogen-bond acceptors (Lipinski definition) is 6. The van der Waals surface area contributed by atoms with Gasteiger partial charge in [0.05, 0.1) is 31.7 Å². The highest BCUT2D eigenvalue weighted by Crippen LogP contribution is 2.30. The SMILES string of the molecule is COc1cc2nc(CN3CCN(Cc4cccc(C)c4)CC3)[nH]c(=O)c2cc1OC. The van der Waals surface area contributed by atoms with Crippen LogP contribution < -0.4 is 15.0 Å². The van der Waals surface area contributed by atoms with Crippen molar-refractivity contribution in [3.8, 4) is 11.5 Å². The van der Waals surface area contributed by atoms with E-state index in [9.17, 15) is 4.79 Å². The van der Waals surface area contributed by atoms with Gasteiger partial charge in [0.2, 0.25) is 0 Å². The summed E-state index contributed by atoms with van der Waals surface area (Å²) in [7, 11) is 3.13. The summed E-state index contributed by atoms with van der Waals surface area (Å²) in [6.45, 7) is 7.61. The lowest BCUT2D eigenvalue weighted by Gasteiger charge is -2.34. The predicted molar refractivity (Wildman–Crippen MR) is 117 cm³/mol. The molecule has 2 aromatic carbocycles. The number of aryl methyl sites for hydroxylation is 1. The van der Waals surface area contributed by atoms with Crippen molar-refractivity contribution in [2.75, 3.05) is 40.4 Å². The fraction of sp³-hybridized carbons (Fsp3) is 0.391. The van der Waals surface area contributed by atoms with E-state index in [2.05, 4.69) is 51.0 Å². The summed E-state index contributed by atoms with van der Waals surface area (Å²) in [5, 5.41) is 0.499. The molecule has 0 amide bonds. The highest BCUT2D eigenvalue weighted by atomic mass is 16.5. The van der Waals surface area contributed by atoms with Crippen molar-refractivity contribution < 1.29 is 9.47 Å². The lowest BCUT2D eigenvalue weighted by molar-refractivity contribution is 0.120. The van der Waals surface area contributed by atoms with E-state index >= 15 is 0 Å². The molecule has 1 aliphatic heterocycles. The Labute approximate surface area is 176 Å². The van der Waals surface area contributed by atoms with Crippen molar-refractivity contribution in [2.24, 2.45) is 0 Å². The van der Waals surface area contributed by atoms with Gasteiger partial charge in [-0.15, -0.1) is 0 Å². The molecule has 0 atom stereocenters. The van der Waals surface area contributed by atoms with Gasteiger partial charge in [0.25, 0.3) is 5.56 Å². The molecular formula is C23H28N4O3. The van der Waals surface area contributed by atoms with Gasteiger partial charge in [-0.3, -0.25) is 14.6 Å². The maximum absolute atomic E-state index is 12.6. The van der Waals surface area contributed by atoms with Crippen molar-refractivity contribution in [3.63, 3.8) is 0 Å². The van der Waals surface area contributed by atoms with E-state index in [-0.39, 0.29) is 5.56 Å². The van der Waals surface area contributed by atoms with Gasteiger partial charge >= 0.3 is 0 Å². The van der Waals surface area contributed by atoms with Crippen molar-refractivity contribution >= 4 is 10.9 Å². The number of fused-ring (bicyclic) bond motifs is 1. The molecule has 0 bridgehead atoms.